The number of hydrogen-bond acceptors (Lipinski definition) is 3. The van der Waals surface area contributed by atoms with E-state index in [0.29, 0.717) is 23.4 Å². The van der Waals surface area contributed by atoms with E-state index in [2.05, 4.69) is 10.6 Å². The van der Waals surface area contributed by atoms with E-state index in [4.69, 9.17) is 4.42 Å². The lowest BCUT2D eigenvalue weighted by molar-refractivity contribution is 0.0947. The average Bonchev–Trinajstić information content (AvgIpc) is 2.84. The molecule has 2 N–H and O–H groups in total. The molecule has 1 saturated heterocycles. The van der Waals surface area contributed by atoms with Crippen LogP contribution in [0.3, 0.4) is 0 Å². The Morgan fingerprint density at radius 1 is 1.28 bits per heavy atom. The van der Waals surface area contributed by atoms with Gasteiger partial charge in [-0.3, -0.25) is 4.79 Å². The zero-order chi connectivity index (χ0) is 12.1. The first-order valence-corrected chi connectivity index (χ1v) is 6.32. The van der Waals surface area contributed by atoms with Gasteiger partial charge in [-0.15, -0.1) is 0 Å². The number of carbonyl (C=O) groups excluding carboxylic acids is 1. The normalized spacial score (nSPS) is 29.2. The van der Waals surface area contributed by atoms with E-state index >= 15 is 0 Å². The molecule has 2 fully saturated rings. The molecule has 2 heterocycles. The highest BCUT2D eigenvalue weighted by Gasteiger charge is 2.53. The summed E-state index contributed by atoms with van der Waals surface area (Å²) in [6.45, 7) is 2.06. The van der Waals surface area contributed by atoms with Crippen molar-refractivity contribution in [2.45, 2.75) is 6.04 Å². The van der Waals surface area contributed by atoms with Crippen molar-refractivity contribution in [2.24, 2.45) is 11.8 Å². The van der Waals surface area contributed by atoms with Crippen LogP contribution in [-0.4, -0.2) is 25.0 Å². The maximum Gasteiger partial charge on any atom is 0.255 e. The second kappa shape index (κ2) is 3.59. The number of furan rings is 1. The monoisotopic (exact) mass is 242 g/mol. The second-order valence-corrected chi connectivity index (χ2v) is 5.13. The molecule has 1 aliphatic heterocycles. The van der Waals surface area contributed by atoms with Crippen LogP contribution in [0.5, 0.6) is 0 Å². The molecule has 1 aliphatic carbocycles. The summed E-state index contributed by atoms with van der Waals surface area (Å²) < 4.78 is 5.39. The van der Waals surface area contributed by atoms with Crippen LogP contribution in [-0.2, 0) is 0 Å². The van der Waals surface area contributed by atoms with Crippen molar-refractivity contribution >= 4 is 16.9 Å². The predicted octanol–water partition coefficient (Wildman–Crippen LogP) is 1.38. The molecule has 1 aromatic carbocycles. The van der Waals surface area contributed by atoms with E-state index in [1.165, 1.54) is 0 Å². The number of piperidine rings is 1. The molecular weight excluding hydrogens is 228 g/mol. The van der Waals surface area contributed by atoms with Crippen LogP contribution < -0.4 is 10.6 Å². The second-order valence-electron chi connectivity index (χ2n) is 5.13. The first kappa shape index (κ1) is 10.1. The minimum Gasteiger partial charge on any atom is -0.463 e. The van der Waals surface area contributed by atoms with Gasteiger partial charge in [0.05, 0.1) is 5.56 Å². The molecule has 4 heteroatoms. The molecular formula is C14H14N2O2. The molecule has 2 aromatic rings. The van der Waals surface area contributed by atoms with Gasteiger partial charge in [-0.1, -0.05) is 18.2 Å². The summed E-state index contributed by atoms with van der Waals surface area (Å²) in [5.41, 5.74) is 1.41. The minimum atomic E-state index is -0.0145. The third kappa shape index (κ3) is 1.39. The van der Waals surface area contributed by atoms with Crippen LogP contribution >= 0.6 is 0 Å². The van der Waals surface area contributed by atoms with E-state index in [1.54, 1.807) is 6.26 Å². The lowest BCUT2D eigenvalue weighted by Gasteiger charge is -2.06. The number of rotatable bonds is 2. The summed E-state index contributed by atoms with van der Waals surface area (Å²) in [4.78, 5) is 12.2. The van der Waals surface area contributed by atoms with Gasteiger partial charge in [-0.25, -0.2) is 0 Å². The quantitative estimate of drug-likeness (QED) is 0.836. The van der Waals surface area contributed by atoms with Crippen LogP contribution in [0.15, 0.2) is 34.9 Å². The van der Waals surface area contributed by atoms with Crippen LogP contribution in [0.25, 0.3) is 11.0 Å². The SMILES string of the molecule is O=C(NC1C2CNCC21)c1coc2ccccc12. The van der Waals surface area contributed by atoms with Crippen molar-refractivity contribution < 1.29 is 9.21 Å². The lowest BCUT2D eigenvalue weighted by Crippen LogP contribution is -2.32. The number of para-hydroxylation sites is 1. The minimum absolute atomic E-state index is 0.0145. The van der Waals surface area contributed by atoms with Crippen molar-refractivity contribution in [3.63, 3.8) is 0 Å². The zero-order valence-corrected chi connectivity index (χ0v) is 9.85. The first-order chi connectivity index (χ1) is 8.84. The number of fused-ring (bicyclic) bond motifs is 2. The van der Waals surface area contributed by atoms with Gasteiger partial charge in [0.25, 0.3) is 5.91 Å². The number of amides is 1. The number of benzene rings is 1. The fraction of sp³-hybridized carbons (Fsp3) is 0.357. The number of carbonyl (C=O) groups is 1. The van der Waals surface area contributed by atoms with Gasteiger partial charge in [0.2, 0.25) is 0 Å². The Labute approximate surface area is 104 Å². The van der Waals surface area contributed by atoms with Gasteiger partial charge >= 0.3 is 0 Å². The standard InChI is InChI=1S/C14H14N2O2/c17-14(16-13-9-5-15-6-10(9)13)11-7-18-12-4-2-1-3-8(11)12/h1-4,7,9-10,13,15H,5-6H2,(H,16,17). The molecule has 4 nitrogen and oxygen atoms in total. The Kier molecular flexibility index (Phi) is 2.02. The van der Waals surface area contributed by atoms with Gasteiger partial charge in [0.1, 0.15) is 11.8 Å². The van der Waals surface area contributed by atoms with Crippen LogP contribution in [0.1, 0.15) is 10.4 Å². The van der Waals surface area contributed by atoms with Gasteiger partial charge in [0, 0.05) is 24.5 Å². The molecule has 2 aliphatic rings. The summed E-state index contributed by atoms with van der Waals surface area (Å²) in [7, 11) is 0. The molecule has 4 rings (SSSR count). The maximum absolute atomic E-state index is 12.2. The van der Waals surface area contributed by atoms with E-state index in [9.17, 15) is 4.79 Å². The molecule has 92 valence electrons. The summed E-state index contributed by atoms with van der Waals surface area (Å²) >= 11 is 0. The van der Waals surface area contributed by atoms with Crippen LogP contribution in [0.2, 0.25) is 0 Å². The molecule has 2 unspecified atom stereocenters. The zero-order valence-electron chi connectivity index (χ0n) is 9.85. The molecule has 1 aromatic heterocycles. The molecule has 2 atom stereocenters. The summed E-state index contributed by atoms with van der Waals surface area (Å²) in [5, 5.41) is 7.32. The predicted molar refractivity (Wildman–Crippen MR) is 67.3 cm³/mol. The summed E-state index contributed by atoms with van der Waals surface area (Å²) in [6.07, 6.45) is 1.55. The van der Waals surface area contributed by atoms with Gasteiger partial charge in [0.15, 0.2) is 0 Å². The van der Waals surface area contributed by atoms with Crippen molar-refractivity contribution in [2.75, 3.05) is 13.1 Å². The lowest BCUT2D eigenvalue weighted by atomic mass is 10.1. The summed E-state index contributed by atoms with van der Waals surface area (Å²) in [5.74, 6) is 1.25. The highest BCUT2D eigenvalue weighted by Crippen LogP contribution is 2.41. The van der Waals surface area contributed by atoms with Gasteiger partial charge < -0.3 is 15.1 Å². The Morgan fingerprint density at radius 3 is 2.89 bits per heavy atom. The largest absolute Gasteiger partial charge is 0.463 e. The van der Waals surface area contributed by atoms with Crippen LogP contribution in [0, 0.1) is 11.8 Å². The summed E-state index contributed by atoms with van der Waals surface area (Å²) in [6, 6.07) is 7.98. The van der Waals surface area contributed by atoms with Crippen molar-refractivity contribution in [1.82, 2.24) is 10.6 Å². The van der Waals surface area contributed by atoms with Crippen LogP contribution in [0.4, 0.5) is 0 Å². The Balaban J connectivity index is 1.57. The smallest absolute Gasteiger partial charge is 0.255 e. The van der Waals surface area contributed by atoms with Crippen molar-refractivity contribution in [1.29, 1.82) is 0 Å². The topological polar surface area (TPSA) is 54.3 Å². The van der Waals surface area contributed by atoms with Gasteiger partial charge in [-0.05, 0) is 17.9 Å². The fourth-order valence-electron chi connectivity index (χ4n) is 3.02. The molecule has 1 amide bonds. The number of nitrogens with one attached hydrogen (secondary N) is 2. The number of hydrogen-bond donors (Lipinski definition) is 2. The van der Waals surface area contributed by atoms with E-state index < -0.39 is 0 Å². The molecule has 0 bridgehead atoms. The van der Waals surface area contributed by atoms with Crippen molar-refractivity contribution in [3.8, 4) is 0 Å². The van der Waals surface area contributed by atoms with E-state index in [0.717, 1.165) is 24.1 Å². The third-order valence-corrected chi connectivity index (χ3v) is 4.12. The average molecular weight is 242 g/mol. The Morgan fingerprint density at radius 2 is 2.06 bits per heavy atom. The first-order valence-electron chi connectivity index (χ1n) is 6.32. The van der Waals surface area contributed by atoms with Crippen molar-refractivity contribution in [3.05, 3.63) is 36.1 Å². The maximum atomic E-state index is 12.2. The molecule has 18 heavy (non-hydrogen) atoms. The highest BCUT2D eigenvalue weighted by molar-refractivity contribution is 6.06. The van der Waals surface area contributed by atoms with E-state index in [1.807, 2.05) is 24.3 Å². The Bertz CT molecular complexity index is 609. The van der Waals surface area contributed by atoms with E-state index in [-0.39, 0.29) is 5.91 Å². The molecule has 1 saturated carbocycles. The highest BCUT2D eigenvalue weighted by atomic mass is 16.3. The fourth-order valence-corrected chi connectivity index (χ4v) is 3.02. The molecule has 0 radical (unpaired) electrons. The molecule has 0 spiro atoms. The Hall–Kier alpha value is -1.81. The van der Waals surface area contributed by atoms with Gasteiger partial charge in [-0.2, -0.15) is 0 Å². The third-order valence-electron chi connectivity index (χ3n) is 4.12.